The standard InChI is InChI=1S/C14H19NO3/c1-18-12-5-3-11(4-6-12)7-10-15-14(13(16)17)8-2-9-14/h3-6,15H,2,7-10H2,1H3,(H,16,17). The second-order valence-corrected chi connectivity index (χ2v) is 4.77. The molecule has 0 aromatic heterocycles. The van der Waals surface area contributed by atoms with Gasteiger partial charge in [0.1, 0.15) is 11.3 Å². The largest absolute Gasteiger partial charge is 0.497 e. The molecule has 1 aliphatic carbocycles. The predicted octanol–water partition coefficient (Wildman–Crippen LogP) is 1.83. The zero-order valence-electron chi connectivity index (χ0n) is 10.6. The Hall–Kier alpha value is -1.55. The number of hydrogen-bond acceptors (Lipinski definition) is 3. The van der Waals surface area contributed by atoms with Crippen LogP contribution in [0.3, 0.4) is 0 Å². The third kappa shape index (κ3) is 2.64. The van der Waals surface area contributed by atoms with Crippen LogP contribution in [0.5, 0.6) is 5.75 Å². The number of rotatable bonds is 6. The topological polar surface area (TPSA) is 58.6 Å². The molecule has 1 fully saturated rings. The average molecular weight is 249 g/mol. The van der Waals surface area contributed by atoms with Gasteiger partial charge in [0.05, 0.1) is 7.11 Å². The molecule has 0 atom stereocenters. The molecule has 98 valence electrons. The molecule has 0 saturated heterocycles. The summed E-state index contributed by atoms with van der Waals surface area (Å²) in [7, 11) is 1.64. The van der Waals surface area contributed by atoms with Crippen molar-refractivity contribution in [3.8, 4) is 5.75 Å². The Labute approximate surface area is 107 Å². The molecule has 1 aliphatic rings. The lowest BCUT2D eigenvalue weighted by atomic mass is 9.76. The highest BCUT2D eigenvalue weighted by Crippen LogP contribution is 2.31. The van der Waals surface area contributed by atoms with Gasteiger partial charge in [-0.15, -0.1) is 0 Å². The van der Waals surface area contributed by atoms with Crippen LogP contribution in [0.4, 0.5) is 0 Å². The van der Waals surface area contributed by atoms with Crippen LogP contribution >= 0.6 is 0 Å². The fourth-order valence-corrected chi connectivity index (χ4v) is 2.23. The second kappa shape index (κ2) is 5.40. The summed E-state index contributed by atoms with van der Waals surface area (Å²) in [4.78, 5) is 11.2. The summed E-state index contributed by atoms with van der Waals surface area (Å²) in [5.74, 6) is 0.121. The first-order valence-electron chi connectivity index (χ1n) is 6.28. The molecule has 0 amide bonds. The first-order valence-corrected chi connectivity index (χ1v) is 6.28. The maximum atomic E-state index is 11.2. The molecule has 0 heterocycles. The van der Waals surface area contributed by atoms with Crippen LogP contribution < -0.4 is 10.1 Å². The van der Waals surface area contributed by atoms with Crippen molar-refractivity contribution in [3.05, 3.63) is 29.8 Å². The van der Waals surface area contributed by atoms with Crippen LogP contribution in [-0.2, 0) is 11.2 Å². The molecule has 4 nitrogen and oxygen atoms in total. The minimum atomic E-state index is -0.719. The van der Waals surface area contributed by atoms with Crippen LogP contribution in [-0.4, -0.2) is 30.3 Å². The van der Waals surface area contributed by atoms with E-state index in [1.165, 1.54) is 5.56 Å². The van der Waals surface area contributed by atoms with Crippen molar-refractivity contribution in [2.45, 2.75) is 31.2 Å². The number of methoxy groups -OCH3 is 1. The number of carboxylic acids is 1. The molecule has 2 rings (SSSR count). The third-order valence-electron chi connectivity index (χ3n) is 3.65. The Bertz CT molecular complexity index is 410. The highest BCUT2D eigenvalue weighted by molar-refractivity contribution is 5.79. The summed E-state index contributed by atoms with van der Waals surface area (Å²) in [6.07, 6.45) is 3.32. The van der Waals surface area contributed by atoms with Crippen LogP contribution in [0.1, 0.15) is 24.8 Å². The van der Waals surface area contributed by atoms with E-state index in [0.29, 0.717) is 6.54 Å². The Kier molecular flexibility index (Phi) is 3.87. The number of ether oxygens (including phenoxy) is 1. The first kappa shape index (κ1) is 12.9. The lowest BCUT2D eigenvalue weighted by Crippen LogP contribution is -2.57. The molecule has 1 aromatic carbocycles. The van der Waals surface area contributed by atoms with E-state index >= 15 is 0 Å². The van der Waals surface area contributed by atoms with Gasteiger partial charge in [0.15, 0.2) is 0 Å². The Morgan fingerprint density at radius 2 is 2.06 bits per heavy atom. The molecule has 4 heteroatoms. The molecular formula is C14H19NO3. The molecule has 0 aliphatic heterocycles. The van der Waals surface area contributed by atoms with E-state index in [-0.39, 0.29) is 0 Å². The maximum Gasteiger partial charge on any atom is 0.323 e. The van der Waals surface area contributed by atoms with Crippen molar-refractivity contribution in [2.75, 3.05) is 13.7 Å². The molecular weight excluding hydrogens is 230 g/mol. The lowest BCUT2D eigenvalue weighted by Gasteiger charge is -2.38. The molecule has 2 N–H and O–H groups in total. The van der Waals surface area contributed by atoms with E-state index in [1.54, 1.807) is 7.11 Å². The lowest BCUT2D eigenvalue weighted by molar-refractivity contribution is -0.148. The second-order valence-electron chi connectivity index (χ2n) is 4.77. The van der Waals surface area contributed by atoms with E-state index < -0.39 is 11.5 Å². The first-order chi connectivity index (χ1) is 8.66. The summed E-state index contributed by atoms with van der Waals surface area (Å²) in [5.41, 5.74) is 0.523. The summed E-state index contributed by atoms with van der Waals surface area (Å²) in [5, 5.41) is 12.3. The Morgan fingerprint density at radius 3 is 2.50 bits per heavy atom. The van der Waals surface area contributed by atoms with Crippen molar-refractivity contribution in [3.63, 3.8) is 0 Å². The molecule has 1 saturated carbocycles. The minimum absolute atomic E-state index is 0.660. The number of hydrogen-bond donors (Lipinski definition) is 2. The smallest absolute Gasteiger partial charge is 0.323 e. The van der Waals surface area contributed by atoms with Gasteiger partial charge in [0.2, 0.25) is 0 Å². The summed E-state index contributed by atoms with van der Waals surface area (Å²) in [6, 6.07) is 7.86. The van der Waals surface area contributed by atoms with Crippen molar-refractivity contribution < 1.29 is 14.6 Å². The van der Waals surface area contributed by atoms with Gasteiger partial charge >= 0.3 is 5.97 Å². The van der Waals surface area contributed by atoms with Gasteiger partial charge in [-0.25, -0.2) is 0 Å². The molecule has 0 bridgehead atoms. The van der Waals surface area contributed by atoms with E-state index in [1.807, 2.05) is 24.3 Å². The predicted molar refractivity (Wildman–Crippen MR) is 68.9 cm³/mol. The van der Waals surface area contributed by atoms with Gasteiger partial charge in [0, 0.05) is 6.54 Å². The maximum absolute atomic E-state index is 11.2. The molecule has 18 heavy (non-hydrogen) atoms. The van der Waals surface area contributed by atoms with E-state index in [0.717, 1.165) is 31.4 Å². The number of carboxylic acid groups (broad SMARTS) is 1. The summed E-state index contributed by atoms with van der Waals surface area (Å²) < 4.78 is 5.09. The number of aliphatic carboxylic acids is 1. The Balaban J connectivity index is 1.82. The molecule has 0 radical (unpaired) electrons. The average Bonchev–Trinajstić information content (AvgIpc) is 2.33. The summed E-state index contributed by atoms with van der Waals surface area (Å²) in [6.45, 7) is 0.693. The van der Waals surface area contributed by atoms with Gasteiger partial charge in [0.25, 0.3) is 0 Å². The van der Waals surface area contributed by atoms with Gasteiger partial charge in [-0.1, -0.05) is 12.1 Å². The highest BCUT2D eigenvalue weighted by Gasteiger charge is 2.43. The van der Waals surface area contributed by atoms with Crippen LogP contribution in [0.2, 0.25) is 0 Å². The third-order valence-corrected chi connectivity index (χ3v) is 3.65. The number of carbonyl (C=O) groups is 1. The fourth-order valence-electron chi connectivity index (χ4n) is 2.23. The van der Waals surface area contributed by atoms with Crippen LogP contribution in [0.25, 0.3) is 0 Å². The zero-order valence-corrected chi connectivity index (χ0v) is 10.6. The molecule has 0 spiro atoms. The van der Waals surface area contributed by atoms with Crippen molar-refractivity contribution in [1.29, 1.82) is 0 Å². The van der Waals surface area contributed by atoms with Gasteiger partial charge < -0.3 is 15.2 Å². The SMILES string of the molecule is COc1ccc(CCNC2(C(=O)O)CCC2)cc1. The van der Waals surface area contributed by atoms with Crippen molar-refractivity contribution >= 4 is 5.97 Å². The molecule has 0 unspecified atom stereocenters. The summed E-state index contributed by atoms with van der Waals surface area (Å²) >= 11 is 0. The normalized spacial score (nSPS) is 16.9. The van der Waals surface area contributed by atoms with Gasteiger partial charge in [-0.3, -0.25) is 4.79 Å². The van der Waals surface area contributed by atoms with Gasteiger partial charge in [-0.05, 0) is 43.4 Å². The van der Waals surface area contributed by atoms with Crippen molar-refractivity contribution in [1.82, 2.24) is 5.32 Å². The molecule has 1 aromatic rings. The van der Waals surface area contributed by atoms with E-state index in [2.05, 4.69) is 5.32 Å². The van der Waals surface area contributed by atoms with E-state index in [9.17, 15) is 9.90 Å². The van der Waals surface area contributed by atoms with Crippen LogP contribution in [0.15, 0.2) is 24.3 Å². The van der Waals surface area contributed by atoms with E-state index in [4.69, 9.17) is 4.74 Å². The van der Waals surface area contributed by atoms with Gasteiger partial charge in [-0.2, -0.15) is 0 Å². The Morgan fingerprint density at radius 1 is 1.39 bits per heavy atom. The minimum Gasteiger partial charge on any atom is -0.497 e. The monoisotopic (exact) mass is 249 g/mol. The highest BCUT2D eigenvalue weighted by atomic mass is 16.5. The van der Waals surface area contributed by atoms with Crippen molar-refractivity contribution in [2.24, 2.45) is 0 Å². The quantitative estimate of drug-likeness (QED) is 0.807. The van der Waals surface area contributed by atoms with Crippen LogP contribution in [0, 0.1) is 0 Å². The number of nitrogens with one attached hydrogen (secondary N) is 1. The zero-order chi connectivity index (χ0) is 13.0. The fraction of sp³-hybridized carbons (Fsp3) is 0.500. The number of benzene rings is 1.